The van der Waals surface area contributed by atoms with Crippen molar-refractivity contribution < 1.29 is 4.79 Å². The molecular weight excluding hydrogens is 439 g/mol. The average Bonchev–Trinajstić information content (AvgIpc) is 3.25. The van der Waals surface area contributed by atoms with Crippen molar-refractivity contribution in [2.45, 2.75) is 31.7 Å². The maximum atomic E-state index is 12.9. The lowest BCUT2D eigenvalue weighted by atomic mass is 10.0. The van der Waals surface area contributed by atoms with Gasteiger partial charge in [0.05, 0.1) is 16.1 Å². The highest BCUT2D eigenvalue weighted by Crippen LogP contribution is 2.25. The Bertz CT molecular complexity index is 836. The lowest BCUT2D eigenvalue weighted by molar-refractivity contribution is -0.132. The average molecular weight is 468 g/mol. The molecule has 1 aliphatic heterocycles. The monoisotopic (exact) mass is 466 g/mol. The molecular formula is C24H29Cl3N2O. The lowest BCUT2D eigenvalue weighted by Crippen LogP contribution is -2.38. The zero-order valence-electron chi connectivity index (χ0n) is 17.3. The summed E-state index contributed by atoms with van der Waals surface area (Å²) < 4.78 is 0. The van der Waals surface area contributed by atoms with Crippen LogP contribution in [0.4, 0.5) is 0 Å². The highest BCUT2D eigenvalue weighted by atomic mass is 35.5. The van der Waals surface area contributed by atoms with Gasteiger partial charge in [-0.05, 0) is 55.6 Å². The van der Waals surface area contributed by atoms with E-state index >= 15 is 0 Å². The molecule has 1 fully saturated rings. The number of likely N-dealkylation sites (tertiary alicyclic amines) is 1. The van der Waals surface area contributed by atoms with E-state index in [1.54, 1.807) is 6.07 Å². The Hall–Kier alpha value is -1.52. The third-order valence-corrected chi connectivity index (χ3v) is 6.19. The van der Waals surface area contributed by atoms with Crippen LogP contribution in [0.3, 0.4) is 0 Å². The van der Waals surface area contributed by atoms with E-state index in [0.717, 1.165) is 25.2 Å². The summed E-state index contributed by atoms with van der Waals surface area (Å²) in [7, 11) is 1.93. The molecule has 0 aliphatic carbocycles. The number of benzene rings is 2. The van der Waals surface area contributed by atoms with E-state index in [1.165, 1.54) is 18.4 Å². The Morgan fingerprint density at radius 3 is 2.47 bits per heavy atom. The predicted octanol–water partition coefficient (Wildman–Crippen LogP) is 6.50. The Morgan fingerprint density at radius 2 is 1.80 bits per heavy atom. The molecule has 0 spiro atoms. The molecule has 0 radical (unpaired) electrons. The first-order valence-corrected chi connectivity index (χ1v) is 10.9. The molecule has 1 atom stereocenters. The van der Waals surface area contributed by atoms with Crippen LogP contribution < -0.4 is 0 Å². The van der Waals surface area contributed by atoms with Crippen LogP contribution in [-0.4, -0.2) is 42.4 Å². The highest BCUT2D eigenvalue weighted by Gasteiger charge is 2.25. The second-order valence-corrected chi connectivity index (χ2v) is 8.37. The number of amides is 1. The first-order chi connectivity index (χ1) is 14.0. The largest absolute Gasteiger partial charge is 0.337 e. The van der Waals surface area contributed by atoms with Gasteiger partial charge in [0.25, 0.3) is 0 Å². The number of allylic oxidation sites excluding steroid dienone is 1. The number of halogens is 3. The van der Waals surface area contributed by atoms with Crippen molar-refractivity contribution in [1.29, 1.82) is 0 Å². The predicted molar refractivity (Wildman–Crippen MR) is 130 cm³/mol. The number of likely N-dealkylation sites (N-methyl/N-ethyl adjacent to an activating group) is 1. The summed E-state index contributed by atoms with van der Waals surface area (Å²) in [4.78, 5) is 17.3. The molecule has 1 heterocycles. The van der Waals surface area contributed by atoms with E-state index in [-0.39, 0.29) is 24.4 Å². The Balaban J connectivity index is 0.00000320. The normalized spacial score (nSPS) is 15.2. The van der Waals surface area contributed by atoms with Crippen LogP contribution in [0.15, 0.2) is 54.6 Å². The van der Waals surface area contributed by atoms with Crippen molar-refractivity contribution in [1.82, 2.24) is 9.80 Å². The van der Waals surface area contributed by atoms with E-state index in [9.17, 15) is 4.79 Å². The molecule has 2 aromatic carbocycles. The molecule has 1 aliphatic rings. The SMILES string of the molecule is CN(C(=O)CC/C=C/c1ccc(Cl)c(Cl)c1)[C@H](CN1CCCC1)c1ccccc1.Cl. The van der Waals surface area contributed by atoms with Gasteiger partial charge in [-0.15, -0.1) is 12.4 Å². The second-order valence-electron chi connectivity index (χ2n) is 7.55. The lowest BCUT2D eigenvalue weighted by Gasteiger charge is -2.32. The standard InChI is InChI=1S/C24H28Cl2N2O.ClH/c1-27(23(18-28-15-7-8-16-28)20-10-3-2-4-11-20)24(29)12-6-5-9-19-13-14-21(25)22(26)17-19;/h2-5,9-11,13-14,17,23H,6-8,12,15-16,18H2,1H3;1H/b9-5+;/t23-;/m1./s1. The highest BCUT2D eigenvalue weighted by molar-refractivity contribution is 6.42. The molecule has 2 aromatic rings. The molecule has 162 valence electrons. The van der Waals surface area contributed by atoms with Crippen molar-refractivity contribution >= 4 is 47.6 Å². The van der Waals surface area contributed by atoms with Crippen molar-refractivity contribution in [3.05, 3.63) is 75.8 Å². The van der Waals surface area contributed by atoms with Gasteiger partial charge in [-0.2, -0.15) is 0 Å². The number of nitrogens with zero attached hydrogens (tertiary/aromatic N) is 2. The van der Waals surface area contributed by atoms with Crippen LogP contribution >= 0.6 is 35.6 Å². The Morgan fingerprint density at radius 1 is 1.10 bits per heavy atom. The minimum Gasteiger partial charge on any atom is -0.337 e. The Kier molecular flexibility index (Phi) is 10.2. The third kappa shape index (κ3) is 7.02. The van der Waals surface area contributed by atoms with E-state index in [2.05, 4.69) is 17.0 Å². The van der Waals surface area contributed by atoms with Crippen LogP contribution in [0.2, 0.25) is 10.0 Å². The first kappa shape index (κ1) is 24.7. The van der Waals surface area contributed by atoms with Gasteiger partial charge in [0, 0.05) is 20.0 Å². The number of hydrogen-bond acceptors (Lipinski definition) is 2. The van der Waals surface area contributed by atoms with Gasteiger partial charge in [-0.1, -0.05) is 71.8 Å². The van der Waals surface area contributed by atoms with Gasteiger partial charge in [0.15, 0.2) is 0 Å². The fraction of sp³-hybridized carbons (Fsp3) is 0.375. The quantitative estimate of drug-likeness (QED) is 0.442. The van der Waals surface area contributed by atoms with Crippen LogP contribution in [0.1, 0.15) is 42.9 Å². The van der Waals surface area contributed by atoms with Gasteiger partial charge in [-0.25, -0.2) is 0 Å². The van der Waals surface area contributed by atoms with Crippen LogP contribution in [0.5, 0.6) is 0 Å². The van der Waals surface area contributed by atoms with Crippen LogP contribution in [-0.2, 0) is 4.79 Å². The second kappa shape index (κ2) is 12.4. The maximum absolute atomic E-state index is 12.9. The fourth-order valence-electron chi connectivity index (χ4n) is 3.73. The number of carbonyl (C=O) groups is 1. The first-order valence-electron chi connectivity index (χ1n) is 10.2. The maximum Gasteiger partial charge on any atom is 0.223 e. The molecule has 1 amide bonds. The zero-order chi connectivity index (χ0) is 20.6. The fourth-order valence-corrected chi connectivity index (χ4v) is 4.04. The van der Waals surface area contributed by atoms with Gasteiger partial charge in [0.1, 0.15) is 0 Å². The number of hydrogen-bond donors (Lipinski definition) is 0. The van der Waals surface area contributed by atoms with Crippen molar-refractivity contribution in [3.8, 4) is 0 Å². The minimum atomic E-state index is 0. The molecule has 0 aromatic heterocycles. The summed E-state index contributed by atoms with van der Waals surface area (Å²) in [6.45, 7) is 3.14. The molecule has 0 N–H and O–H groups in total. The Labute approximate surface area is 196 Å². The summed E-state index contributed by atoms with van der Waals surface area (Å²) in [6.07, 6.45) is 7.67. The topological polar surface area (TPSA) is 23.6 Å². The molecule has 0 saturated carbocycles. The van der Waals surface area contributed by atoms with Crippen LogP contribution in [0.25, 0.3) is 6.08 Å². The third-order valence-electron chi connectivity index (χ3n) is 5.45. The molecule has 6 heteroatoms. The molecule has 1 saturated heterocycles. The number of rotatable bonds is 8. The minimum absolute atomic E-state index is 0. The van der Waals surface area contributed by atoms with E-state index in [1.807, 2.05) is 54.4 Å². The van der Waals surface area contributed by atoms with Gasteiger partial charge >= 0.3 is 0 Å². The van der Waals surface area contributed by atoms with Crippen LogP contribution in [0, 0.1) is 0 Å². The summed E-state index contributed by atoms with van der Waals surface area (Å²) in [5.74, 6) is 0.164. The summed E-state index contributed by atoms with van der Waals surface area (Å²) in [6, 6.07) is 16.0. The molecule has 3 rings (SSSR count). The van der Waals surface area contributed by atoms with Gasteiger partial charge in [-0.3, -0.25) is 4.79 Å². The summed E-state index contributed by atoms with van der Waals surface area (Å²) in [5.41, 5.74) is 2.18. The zero-order valence-corrected chi connectivity index (χ0v) is 19.6. The van der Waals surface area contributed by atoms with Crippen molar-refractivity contribution in [3.63, 3.8) is 0 Å². The van der Waals surface area contributed by atoms with Crippen molar-refractivity contribution in [2.24, 2.45) is 0 Å². The summed E-state index contributed by atoms with van der Waals surface area (Å²) in [5, 5.41) is 1.09. The molecule has 0 unspecified atom stereocenters. The molecule has 30 heavy (non-hydrogen) atoms. The van der Waals surface area contributed by atoms with E-state index in [4.69, 9.17) is 23.2 Å². The van der Waals surface area contributed by atoms with Gasteiger partial charge in [0.2, 0.25) is 5.91 Å². The van der Waals surface area contributed by atoms with Gasteiger partial charge < -0.3 is 9.80 Å². The van der Waals surface area contributed by atoms with E-state index in [0.29, 0.717) is 22.9 Å². The number of carbonyl (C=O) groups excluding carboxylic acids is 1. The van der Waals surface area contributed by atoms with E-state index < -0.39 is 0 Å². The smallest absolute Gasteiger partial charge is 0.223 e. The molecule has 3 nitrogen and oxygen atoms in total. The summed E-state index contributed by atoms with van der Waals surface area (Å²) >= 11 is 12.0. The molecule has 0 bridgehead atoms. The van der Waals surface area contributed by atoms with Crippen molar-refractivity contribution in [2.75, 3.05) is 26.7 Å².